The second kappa shape index (κ2) is 6.00. The van der Waals surface area contributed by atoms with E-state index >= 15 is 0 Å². The zero-order chi connectivity index (χ0) is 16.7. The summed E-state index contributed by atoms with van der Waals surface area (Å²) in [4.78, 5) is 24.3. The number of rotatable bonds is 3. The molecule has 3 fully saturated rings. The zero-order valence-corrected chi connectivity index (χ0v) is 13.3. The second-order valence-corrected chi connectivity index (χ2v) is 6.89. The third-order valence-electron chi connectivity index (χ3n) is 5.60. The molecule has 0 radical (unpaired) electrons. The van der Waals surface area contributed by atoms with Crippen molar-refractivity contribution in [3.8, 4) is 11.5 Å². The van der Waals surface area contributed by atoms with Crippen LogP contribution in [0, 0.1) is 23.7 Å². The van der Waals surface area contributed by atoms with Crippen molar-refractivity contribution in [2.75, 3.05) is 18.5 Å². The Balaban J connectivity index is 1.54. The lowest BCUT2D eigenvalue weighted by Crippen LogP contribution is -2.52. The average Bonchev–Trinajstić information content (AvgIpc) is 2.61. The topological polar surface area (TPSA) is 87.7 Å². The van der Waals surface area contributed by atoms with Crippen LogP contribution in [0.3, 0.4) is 0 Å². The highest BCUT2D eigenvalue weighted by Gasteiger charge is 2.47. The normalized spacial score (nSPS) is 30.7. The van der Waals surface area contributed by atoms with E-state index in [1.165, 1.54) is 0 Å². The first-order chi connectivity index (χ1) is 11.6. The van der Waals surface area contributed by atoms with Crippen molar-refractivity contribution in [2.45, 2.75) is 25.7 Å². The van der Waals surface area contributed by atoms with E-state index in [9.17, 15) is 14.7 Å². The van der Waals surface area contributed by atoms with Crippen LogP contribution in [-0.4, -0.2) is 25.1 Å². The molecule has 1 amide bonds. The molecule has 24 heavy (non-hydrogen) atoms. The maximum absolute atomic E-state index is 12.8. The van der Waals surface area contributed by atoms with Crippen molar-refractivity contribution in [2.24, 2.45) is 23.7 Å². The second-order valence-electron chi connectivity index (χ2n) is 6.89. The molecule has 128 valence electrons. The van der Waals surface area contributed by atoms with Gasteiger partial charge < -0.3 is 24.7 Å². The highest BCUT2D eigenvalue weighted by atomic mass is 16.6. The number of amides is 1. The van der Waals surface area contributed by atoms with E-state index in [4.69, 9.17) is 9.47 Å². The third-order valence-corrected chi connectivity index (χ3v) is 5.60. The SMILES string of the molecule is O=C([O-])[C@H]1C2CCC(CC2)[C@@H]1C(=O)Nc1ccc2c(c1)OCCO2. The summed E-state index contributed by atoms with van der Waals surface area (Å²) in [5.41, 5.74) is 0.600. The summed E-state index contributed by atoms with van der Waals surface area (Å²) in [5.74, 6) is -1.04. The Labute approximate surface area is 140 Å². The minimum Gasteiger partial charge on any atom is -0.550 e. The molecule has 3 saturated carbocycles. The summed E-state index contributed by atoms with van der Waals surface area (Å²) in [6, 6.07) is 5.23. The molecule has 0 spiro atoms. The van der Waals surface area contributed by atoms with E-state index in [0.717, 1.165) is 25.7 Å². The Hall–Kier alpha value is -2.24. The number of nitrogens with one attached hydrogen (secondary N) is 1. The summed E-state index contributed by atoms with van der Waals surface area (Å²) in [6.07, 6.45) is 3.62. The number of benzene rings is 1. The number of carboxylic acid groups (broad SMARTS) is 1. The molecule has 2 atom stereocenters. The fourth-order valence-corrected chi connectivity index (χ4v) is 4.51. The Morgan fingerprint density at radius 2 is 1.58 bits per heavy atom. The van der Waals surface area contributed by atoms with Gasteiger partial charge in [0.25, 0.3) is 0 Å². The van der Waals surface area contributed by atoms with Gasteiger partial charge in [-0.2, -0.15) is 0 Å². The van der Waals surface area contributed by atoms with Crippen LogP contribution < -0.4 is 19.9 Å². The number of carbonyl (C=O) groups excluding carboxylic acids is 2. The monoisotopic (exact) mass is 330 g/mol. The molecule has 0 saturated heterocycles. The van der Waals surface area contributed by atoms with Crippen LogP contribution in [0.4, 0.5) is 5.69 Å². The molecule has 6 nitrogen and oxygen atoms in total. The van der Waals surface area contributed by atoms with E-state index in [1.54, 1.807) is 18.2 Å². The van der Waals surface area contributed by atoms with Crippen molar-refractivity contribution in [3.63, 3.8) is 0 Å². The minimum absolute atomic E-state index is 0.0658. The molecule has 1 N–H and O–H groups in total. The van der Waals surface area contributed by atoms with Gasteiger partial charge in [-0.15, -0.1) is 0 Å². The molecular formula is C18H20NO5-. The van der Waals surface area contributed by atoms with Gasteiger partial charge in [0.2, 0.25) is 5.91 Å². The number of hydrogen-bond acceptors (Lipinski definition) is 5. The first-order valence-electron chi connectivity index (χ1n) is 8.55. The van der Waals surface area contributed by atoms with Crippen LogP contribution in [0.2, 0.25) is 0 Å². The predicted octanol–water partition coefficient (Wildman–Crippen LogP) is 1.20. The fourth-order valence-electron chi connectivity index (χ4n) is 4.51. The number of anilines is 1. The van der Waals surface area contributed by atoms with Crippen LogP contribution in [0.15, 0.2) is 18.2 Å². The van der Waals surface area contributed by atoms with Crippen LogP contribution in [0.5, 0.6) is 11.5 Å². The molecule has 1 aliphatic heterocycles. The minimum atomic E-state index is -1.09. The Bertz CT molecular complexity index is 665. The van der Waals surface area contributed by atoms with E-state index in [2.05, 4.69) is 5.32 Å². The van der Waals surface area contributed by atoms with Gasteiger partial charge in [-0.3, -0.25) is 4.79 Å². The maximum Gasteiger partial charge on any atom is 0.228 e. The van der Waals surface area contributed by atoms with Gasteiger partial charge in [0.15, 0.2) is 11.5 Å². The Kier molecular flexibility index (Phi) is 3.82. The smallest absolute Gasteiger partial charge is 0.228 e. The number of hydrogen-bond donors (Lipinski definition) is 1. The molecule has 0 aromatic heterocycles. The van der Waals surface area contributed by atoms with Gasteiger partial charge in [0.05, 0.1) is 0 Å². The molecular weight excluding hydrogens is 310 g/mol. The standard InChI is InChI=1S/C18H21NO5/c20-17(15-10-1-3-11(4-2-10)16(15)18(21)22)19-12-5-6-13-14(9-12)24-8-7-23-13/h5-6,9-11,15-16H,1-4,7-8H2,(H,19,20)(H,21,22)/p-1/t10?,11?,15-,16-/m0/s1. The van der Waals surface area contributed by atoms with Crippen LogP contribution >= 0.6 is 0 Å². The van der Waals surface area contributed by atoms with Crippen molar-refractivity contribution < 1.29 is 24.2 Å². The zero-order valence-electron chi connectivity index (χ0n) is 13.3. The molecule has 6 heteroatoms. The van der Waals surface area contributed by atoms with Crippen LogP contribution in [0.25, 0.3) is 0 Å². The Morgan fingerprint density at radius 3 is 2.25 bits per heavy atom. The lowest BCUT2D eigenvalue weighted by Gasteiger charge is -2.48. The van der Waals surface area contributed by atoms with E-state index in [-0.39, 0.29) is 17.7 Å². The summed E-state index contributed by atoms with van der Waals surface area (Å²) in [5, 5.41) is 14.4. The van der Waals surface area contributed by atoms with E-state index < -0.39 is 17.8 Å². The largest absolute Gasteiger partial charge is 0.550 e. The first kappa shape index (κ1) is 15.3. The van der Waals surface area contributed by atoms with Crippen molar-refractivity contribution >= 4 is 17.6 Å². The molecule has 3 aliphatic carbocycles. The lowest BCUT2D eigenvalue weighted by molar-refractivity contribution is -0.318. The molecule has 1 aromatic rings. The average molecular weight is 330 g/mol. The third kappa shape index (κ3) is 2.60. The molecule has 2 bridgehead atoms. The molecule has 4 aliphatic rings. The molecule has 1 aromatic carbocycles. The number of fused-ring (bicyclic) bond motifs is 4. The van der Waals surface area contributed by atoms with Crippen molar-refractivity contribution in [1.82, 2.24) is 0 Å². The fraction of sp³-hybridized carbons (Fsp3) is 0.556. The maximum atomic E-state index is 12.8. The van der Waals surface area contributed by atoms with Crippen LogP contribution in [0.1, 0.15) is 25.7 Å². The highest BCUT2D eigenvalue weighted by molar-refractivity contribution is 5.95. The highest BCUT2D eigenvalue weighted by Crippen LogP contribution is 2.49. The summed E-state index contributed by atoms with van der Waals surface area (Å²) in [7, 11) is 0. The van der Waals surface area contributed by atoms with Gasteiger partial charge in [0.1, 0.15) is 13.2 Å². The van der Waals surface area contributed by atoms with Gasteiger partial charge in [-0.05, 0) is 49.7 Å². The van der Waals surface area contributed by atoms with Gasteiger partial charge in [0, 0.05) is 29.6 Å². The number of aliphatic carboxylic acids is 1. The van der Waals surface area contributed by atoms with Crippen molar-refractivity contribution in [1.29, 1.82) is 0 Å². The van der Waals surface area contributed by atoms with Crippen molar-refractivity contribution in [3.05, 3.63) is 18.2 Å². The summed E-state index contributed by atoms with van der Waals surface area (Å²) < 4.78 is 11.0. The molecule has 0 unspecified atom stereocenters. The van der Waals surface area contributed by atoms with Gasteiger partial charge in [-0.1, -0.05) is 0 Å². The molecule has 5 rings (SSSR count). The first-order valence-corrected chi connectivity index (χ1v) is 8.55. The number of ether oxygens (including phenoxy) is 2. The lowest BCUT2D eigenvalue weighted by atomic mass is 9.58. The van der Waals surface area contributed by atoms with E-state index in [1.807, 2.05) is 0 Å². The number of carbonyl (C=O) groups is 2. The van der Waals surface area contributed by atoms with Crippen LogP contribution in [-0.2, 0) is 9.59 Å². The quantitative estimate of drug-likeness (QED) is 0.900. The van der Waals surface area contributed by atoms with E-state index in [0.29, 0.717) is 30.4 Å². The van der Waals surface area contributed by atoms with Gasteiger partial charge in [-0.25, -0.2) is 0 Å². The van der Waals surface area contributed by atoms with Gasteiger partial charge >= 0.3 is 0 Å². The summed E-state index contributed by atoms with van der Waals surface area (Å²) >= 11 is 0. The molecule has 1 heterocycles. The Morgan fingerprint density at radius 1 is 0.958 bits per heavy atom. The number of carboxylic acids is 1. The summed E-state index contributed by atoms with van der Waals surface area (Å²) in [6.45, 7) is 0.987. The predicted molar refractivity (Wildman–Crippen MR) is 83.5 cm³/mol.